The summed E-state index contributed by atoms with van der Waals surface area (Å²) >= 11 is 0. The molecule has 5 rings (SSSR count). The average molecular weight is 383 g/mol. The number of rotatable bonds is 2. The number of halogens is 5. The molecule has 0 atom stereocenters. The lowest BCUT2D eigenvalue weighted by Gasteiger charge is -2.16. The van der Waals surface area contributed by atoms with Gasteiger partial charge in [0.1, 0.15) is 5.69 Å². The van der Waals surface area contributed by atoms with E-state index in [2.05, 4.69) is 5.32 Å². The maximum absolute atomic E-state index is 14.1. The van der Waals surface area contributed by atoms with Crippen LogP contribution in [0.15, 0.2) is 54.6 Å². The standard InChI is InChI=1S/C22H10F5N/c23-17-18(24)20(26)22(21(27)19(17)25)28-14-9-7-12-5-4-10-2-1-3-11-6-8-13(14)16(12)15(10)11/h1-9,28H. The van der Waals surface area contributed by atoms with Gasteiger partial charge in [-0.1, -0.05) is 48.5 Å². The van der Waals surface area contributed by atoms with Crippen LogP contribution in [0.1, 0.15) is 0 Å². The Hall–Kier alpha value is -3.41. The molecule has 5 aromatic rings. The minimum Gasteiger partial charge on any atom is -0.350 e. The van der Waals surface area contributed by atoms with Crippen LogP contribution >= 0.6 is 0 Å². The van der Waals surface area contributed by atoms with E-state index < -0.39 is 34.8 Å². The van der Waals surface area contributed by atoms with Crippen molar-refractivity contribution in [3.63, 3.8) is 0 Å². The predicted octanol–water partition coefficient (Wildman–Crippen LogP) is 7.02. The molecule has 0 aliphatic rings. The van der Waals surface area contributed by atoms with Gasteiger partial charge < -0.3 is 5.32 Å². The third kappa shape index (κ3) is 2.17. The Morgan fingerprint density at radius 2 is 1.00 bits per heavy atom. The second-order valence-corrected chi connectivity index (χ2v) is 6.54. The average Bonchev–Trinajstić information content (AvgIpc) is 2.73. The molecule has 6 heteroatoms. The highest BCUT2D eigenvalue weighted by atomic mass is 19.2. The van der Waals surface area contributed by atoms with E-state index >= 15 is 0 Å². The Morgan fingerprint density at radius 1 is 0.500 bits per heavy atom. The summed E-state index contributed by atoms with van der Waals surface area (Å²) in [5, 5.41) is 7.73. The van der Waals surface area contributed by atoms with Gasteiger partial charge in [-0.3, -0.25) is 0 Å². The van der Waals surface area contributed by atoms with E-state index in [1.54, 1.807) is 18.2 Å². The molecular weight excluding hydrogens is 373 g/mol. The first-order valence-electron chi connectivity index (χ1n) is 8.42. The highest BCUT2D eigenvalue weighted by molar-refractivity contribution is 6.25. The molecule has 0 amide bonds. The molecule has 0 fully saturated rings. The molecule has 0 aliphatic carbocycles. The minimum atomic E-state index is -2.18. The van der Waals surface area contributed by atoms with E-state index in [0.29, 0.717) is 5.39 Å². The molecule has 0 saturated heterocycles. The number of benzene rings is 5. The van der Waals surface area contributed by atoms with E-state index in [9.17, 15) is 22.0 Å². The van der Waals surface area contributed by atoms with Crippen molar-refractivity contribution in [1.82, 2.24) is 0 Å². The Bertz CT molecular complexity index is 1350. The number of nitrogens with one attached hydrogen (secondary N) is 1. The van der Waals surface area contributed by atoms with Crippen LogP contribution in [0.3, 0.4) is 0 Å². The molecule has 1 N–H and O–H groups in total. The summed E-state index contributed by atoms with van der Waals surface area (Å²) in [6, 6.07) is 16.6. The zero-order valence-corrected chi connectivity index (χ0v) is 14.1. The minimum absolute atomic E-state index is 0.244. The van der Waals surface area contributed by atoms with E-state index in [-0.39, 0.29) is 5.69 Å². The molecule has 0 heterocycles. The highest BCUT2D eigenvalue weighted by Gasteiger charge is 2.26. The van der Waals surface area contributed by atoms with Gasteiger partial charge in [-0.25, -0.2) is 22.0 Å². The summed E-state index contributed by atoms with van der Waals surface area (Å²) in [6.45, 7) is 0. The molecule has 0 spiro atoms. The van der Waals surface area contributed by atoms with E-state index in [4.69, 9.17) is 0 Å². The van der Waals surface area contributed by atoms with Crippen LogP contribution in [0.4, 0.5) is 33.3 Å². The van der Waals surface area contributed by atoms with Gasteiger partial charge in [-0.15, -0.1) is 0 Å². The summed E-state index contributed by atoms with van der Waals surface area (Å²) in [6.07, 6.45) is 0. The van der Waals surface area contributed by atoms with Crippen molar-refractivity contribution in [3.05, 3.63) is 83.7 Å². The van der Waals surface area contributed by atoms with Crippen LogP contribution in [0.2, 0.25) is 0 Å². The number of hydrogen-bond acceptors (Lipinski definition) is 1. The molecule has 0 radical (unpaired) electrons. The topological polar surface area (TPSA) is 12.0 Å². The molecule has 0 unspecified atom stereocenters. The molecule has 138 valence electrons. The van der Waals surface area contributed by atoms with Gasteiger partial charge in [0.25, 0.3) is 0 Å². The fraction of sp³-hybridized carbons (Fsp3) is 0. The lowest BCUT2D eigenvalue weighted by Crippen LogP contribution is -2.07. The lowest BCUT2D eigenvalue weighted by atomic mass is 9.93. The number of anilines is 2. The van der Waals surface area contributed by atoms with Gasteiger partial charge in [0.15, 0.2) is 23.3 Å². The second-order valence-electron chi connectivity index (χ2n) is 6.54. The predicted molar refractivity (Wildman–Crippen MR) is 99.7 cm³/mol. The third-order valence-corrected chi connectivity index (χ3v) is 5.00. The monoisotopic (exact) mass is 383 g/mol. The van der Waals surface area contributed by atoms with Gasteiger partial charge in [-0.05, 0) is 33.0 Å². The van der Waals surface area contributed by atoms with Crippen molar-refractivity contribution in [1.29, 1.82) is 0 Å². The van der Waals surface area contributed by atoms with Crippen LogP contribution in [0.25, 0.3) is 32.3 Å². The number of hydrogen-bond donors (Lipinski definition) is 1. The maximum atomic E-state index is 14.1. The molecule has 5 aromatic carbocycles. The Kier molecular flexibility index (Phi) is 3.46. The van der Waals surface area contributed by atoms with Crippen molar-refractivity contribution in [2.75, 3.05) is 5.32 Å². The van der Waals surface area contributed by atoms with Gasteiger partial charge in [0.05, 0.1) is 0 Å². The van der Waals surface area contributed by atoms with Gasteiger partial charge in [-0.2, -0.15) is 0 Å². The SMILES string of the molecule is Fc1c(F)c(F)c(Nc2ccc3ccc4cccc5ccc2c3c45)c(F)c1F. The Morgan fingerprint density at radius 3 is 1.64 bits per heavy atom. The Balaban J connectivity index is 1.80. The molecule has 0 aliphatic heterocycles. The van der Waals surface area contributed by atoms with Crippen LogP contribution in [-0.4, -0.2) is 0 Å². The molecule has 1 nitrogen and oxygen atoms in total. The molecule has 0 saturated carbocycles. The Labute approximate surface area is 155 Å². The third-order valence-electron chi connectivity index (χ3n) is 5.00. The van der Waals surface area contributed by atoms with Gasteiger partial charge in [0.2, 0.25) is 5.82 Å². The summed E-state index contributed by atoms with van der Waals surface area (Å²) in [7, 11) is 0. The summed E-state index contributed by atoms with van der Waals surface area (Å²) in [5.41, 5.74) is -0.833. The first kappa shape index (κ1) is 16.7. The van der Waals surface area contributed by atoms with Crippen molar-refractivity contribution < 1.29 is 22.0 Å². The van der Waals surface area contributed by atoms with E-state index in [1.165, 1.54) is 0 Å². The largest absolute Gasteiger partial charge is 0.350 e. The van der Waals surface area contributed by atoms with Crippen LogP contribution in [-0.2, 0) is 0 Å². The molecular formula is C22H10F5N. The van der Waals surface area contributed by atoms with Gasteiger partial charge >= 0.3 is 0 Å². The van der Waals surface area contributed by atoms with Gasteiger partial charge in [0, 0.05) is 11.1 Å². The quantitative estimate of drug-likeness (QED) is 0.149. The highest BCUT2D eigenvalue weighted by Crippen LogP contribution is 2.39. The fourth-order valence-corrected chi connectivity index (χ4v) is 3.69. The molecule has 28 heavy (non-hydrogen) atoms. The summed E-state index contributed by atoms with van der Waals surface area (Å²) < 4.78 is 68.6. The van der Waals surface area contributed by atoms with Crippen molar-refractivity contribution in [3.8, 4) is 0 Å². The molecule has 0 bridgehead atoms. The first-order valence-corrected chi connectivity index (χ1v) is 8.42. The lowest BCUT2D eigenvalue weighted by molar-refractivity contribution is 0.382. The van der Waals surface area contributed by atoms with Crippen LogP contribution in [0, 0.1) is 29.1 Å². The summed E-state index contributed by atoms with van der Waals surface area (Å²) in [4.78, 5) is 0. The second kappa shape index (κ2) is 5.79. The normalized spacial score (nSPS) is 11.8. The van der Waals surface area contributed by atoms with E-state index in [1.807, 2.05) is 36.4 Å². The zero-order valence-electron chi connectivity index (χ0n) is 14.1. The zero-order chi connectivity index (χ0) is 19.6. The maximum Gasteiger partial charge on any atom is 0.200 e. The van der Waals surface area contributed by atoms with Crippen LogP contribution < -0.4 is 5.32 Å². The fourth-order valence-electron chi connectivity index (χ4n) is 3.69. The summed E-state index contributed by atoms with van der Waals surface area (Å²) in [5.74, 6) is -9.96. The molecule has 0 aromatic heterocycles. The first-order chi connectivity index (χ1) is 13.5. The van der Waals surface area contributed by atoms with E-state index in [0.717, 1.165) is 26.9 Å². The smallest absolute Gasteiger partial charge is 0.200 e. The van der Waals surface area contributed by atoms with Crippen molar-refractivity contribution in [2.24, 2.45) is 0 Å². The van der Waals surface area contributed by atoms with Crippen LogP contribution in [0.5, 0.6) is 0 Å². The van der Waals surface area contributed by atoms with Crippen molar-refractivity contribution >= 4 is 43.7 Å². The van der Waals surface area contributed by atoms with Crippen molar-refractivity contribution in [2.45, 2.75) is 0 Å².